The molecule has 26 heavy (non-hydrogen) atoms. The molecule has 0 saturated carbocycles. The van der Waals surface area contributed by atoms with Crippen LogP contribution in [0.3, 0.4) is 0 Å². The summed E-state index contributed by atoms with van der Waals surface area (Å²) in [5.74, 6) is 1.48. The number of benzene rings is 1. The van der Waals surface area contributed by atoms with Gasteiger partial charge < -0.3 is 20.3 Å². The number of hydrogen-bond donors (Lipinski definition) is 2. The first-order valence-corrected chi connectivity index (χ1v) is 9.22. The molecule has 1 amide bonds. The third-order valence-electron chi connectivity index (χ3n) is 3.68. The standard InChI is InChI=1S/C20H34N4O2/c1-16(2)11-21-20(23-13-19(25)24(4)5)22-12-17(3)14-26-15-18-9-7-6-8-10-18/h6-10,16-17H,11-15H2,1-5H3,(H2,21,22,23). The Labute approximate surface area is 158 Å². The third kappa shape index (κ3) is 10.0. The van der Waals surface area contributed by atoms with Crippen molar-refractivity contribution in [2.24, 2.45) is 16.8 Å². The van der Waals surface area contributed by atoms with Gasteiger partial charge in [0.15, 0.2) is 5.96 Å². The molecule has 0 spiro atoms. The lowest BCUT2D eigenvalue weighted by Crippen LogP contribution is -2.42. The van der Waals surface area contributed by atoms with Crippen molar-refractivity contribution in [3.63, 3.8) is 0 Å². The summed E-state index contributed by atoms with van der Waals surface area (Å²) in [7, 11) is 3.47. The van der Waals surface area contributed by atoms with Gasteiger partial charge in [0, 0.05) is 27.2 Å². The van der Waals surface area contributed by atoms with Crippen molar-refractivity contribution in [1.29, 1.82) is 0 Å². The Morgan fingerprint density at radius 3 is 2.38 bits per heavy atom. The molecule has 1 rings (SSSR count). The van der Waals surface area contributed by atoms with E-state index in [0.29, 0.717) is 31.0 Å². The molecule has 0 aliphatic rings. The van der Waals surface area contributed by atoms with Crippen molar-refractivity contribution in [2.75, 3.05) is 40.3 Å². The number of amides is 1. The van der Waals surface area contributed by atoms with Gasteiger partial charge in [-0.25, -0.2) is 4.99 Å². The number of guanidine groups is 1. The second-order valence-corrected chi connectivity index (χ2v) is 7.21. The predicted octanol–water partition coefficient (Wildman–Crippen LogP) is 2.12. The number of hydrogen-bond acceptors (Lipinski definition) is 3. The number of ether oxygens (including phenoxy) is 1. The number of carbonyl (C=O) groups excluding carboxylic acids is 1. The van der Waals surface area contributed by atoms with E-state index in [4.69, 9.17) is 4.74 Å². The maximum Gasteiger partial charge on any atom is 0.243 e. The van der Waals surface area contributed by atoms with Crippen molar-refractivity contribution in [3.8, 4) is 0 Å². The normalized spacial score (nSPS) is 12.8. The molecule has 1 atom stereocenters. The number of likely N-dealkylation sites (N-methyl/N-ethyl adjacent to an activating group) is 1. The van der Waals surface area contributed by atoms with Gasteiger partial charge in [-0.2, -0.15) is 0 Å². The van der Waals surface area contributed by atoms with E-state index in [0.717, 1.165) is 13.1 Å². The monoisotopic (exact) mass is 362 g/mol. The lowest BCUT2D eigenvalue weighted by Gasteiger charge is -2.18. The molecule has 0 radical (unpaired) electrons. The van der Waals surface area contributed by atoms with E-state index < -0.39 is 0 Å². The molecular weight excluding hydrogens is 328 g/mol. The van der Waals surface area contributed by atoms with E-state index in [1.54, 1.807) is 19.0 Å². The zero-order chi connectivity index (χ0) is 19.4. The Bertz CT molecular complexity index is 544. The predicted molar refractivity (Wildman–Crippen MR) is 107 cm³/mol. The number of nitrogens with zero attached hydrogens (tertiary/aromatic N) is 2. The fourth-order valence-electron chi connectivity index (χ4n) is 2.05. The summed E-state index contributed by atoms with van der Waals surface area (Å²) in [6.45, 7) is 9.36. The van der Waals surface area contributed by atoms with Crippen molar-refractivity contribution >= 4 is 11.9 Å². The first-order chi connectivity index (χ1) is 12.4. The fraction of sp³-hybridized carbons (Fsp3) is 0.600. The molecule has 2 N–H and O–H groups in total. The average molecular weight is 363 g/mol. The number of rotatable bonds is 10. The summed E-state index contributed by atoms with van der Waals surface area (Å²) in [4.78, 5) is 17.7. The fourth-order valence-corrected chi connectivity index (χ4v) is 2.05. The van der Waals surface area contributed by atoms with E-state index in [1.165, 1.54) is 5.56 Å². The molecule has 6 nitrogen and oxygen atoms in total. The quantitative estimate of drug-likeness (QED) is 0.494. The number of carbonyl (C=O) groups is 1. The zero-order valence-electron chi connectivity index (χ0n) is 16.8. The Kier molecular flexibility index (Phi) is 10.4. The maximum atomic E-state index is 11.7. The van der Waals surface area contributed by atoms with Crippen LogP contribution < -0.4 is 10.6 Å². The molecule has 6 heteroatoms. The molecule has 0 bridgehead atoms. The lowest BCUT2D eigenvalue weighted by molar-refractivity contribution is -0.127. The van der Waals surface area contributed by atoms with Crippen LogP contribution >= 0.6 is 0 Å². The van der Waals surface area contributed by atoms with E-state index in [2.05, 4.69) is 48.5 Å². The van der Waals surface area contributed by atoms with Crippen LogP contribution in [-0.2, 0) is 16.1 Å². The Morgan fingerprint density at radius 1 is 1.12 bits per heavy atom. The van der Waals surface area contributed by atoms with Gasteiger partial charge in [-0.05, 0) is 17.4 Å². The van der Waals surface area contributed by atoms with Crippen LogP contribution in [0.25, 0.3) is 0 Å². The first-order valence-electron chi connectivity index (χ1n) is 9.22. The topological polar surface area (TPSA) is 66.0 Å². The molecule has 0 saturated heterocycles. The van der Waals surface area contributed by atoms with Crippen LogP contribution in [0.4, 0.5) is 0 Å². The van der Waals surface area contributed by atoms with Crippen LogP contribution in [0.2, 0.25) is 0 Å². The van der Waals surface area contributed by atoms with Crippen molar-refractivity contribution < 1.29 is 9.53 Å². The van der Waals surface area contributed by atoms with E-state index >= 15 is 0 Å². The second kappa shape index (κ2) is 12.3. The molecule has 1 aromatic rings. The molecule has 0 heterocycles. The van der Waals surface area contributed by atoms with Gasteiger partial charge in [-0.1, -0.05) is 51.1 Å². The van der Waals surface area contributed by atoms with Crippen molar-refractivity contribution in [3.05, 3.63) is 35.9 Å². The summed E-state index contributed by atoms with van der Waals surface area (Å²) in [6, 6.07) is 10.2. The summed E-state index contributed by atoms with van der Waals surface area (Å²) in [5, 5.41) is 6.58. The lowest BCUT2D eigenvalue weighted by atomic mass is 10.2. The van der Waals surface area contributed by atoms with Crippen molar-refractivity contribution in [1.82, 2.24) is 15.5 Å². The molecule has 1 aromatic carbocycles. The SMILES string of the molecule is CC(C)CNC(=NCC(=O)N(C)C)NCC(C)COCc1ccccc1. The van der Waals surface area contributed by atoms with Crippen LogP contribution in [0.1, 0.15) is 26.3 Å². The minimum absolute atomic E-state index is 0.0186. The maximum absolute atomic E-state index is 11.7. The highest BCUT2D eigenvalue weighted by atomic mass is 16.5. The van der Waals surface area contributed by atoms with Crippen LogP contribution in [0.15, 0.2) is 35.3 Å². The van der Waals surface area contributed by atoms with Crippen LogP contribution in [-0.4, -0.2) is 57.1 Å². The molecule has 0 fully saturated rings. The van der Waals surface area contributed by atoms with Gasteiger partial charge >= 0.3 is 0 Å². The van der Waals surface area contributed by atoms with Crippen LogP contribution in [0.5, 0.6) is 0 Å². The molecular formula is C20H34N4O2. The molecule has 146 valence electrons. The number of aliphatic imine (C=N–C) groups is 1. The largest absolute Gasteiger partial charge is 0.376 e. The van der Waals surface area contributed by atoms with Gasteiger partial charge in [-0.15, -0.1) is 0 Å². The summed E-state index contributed by atoms with van der Waals surface area (Å²) in [6.07, 6.45) is 0. The smallest absolute Gasteiger partial charge is 0.243 e. The molecule has 0 aliphatic carbocycles. The molecule has 0 aromatic heterocycles. The van der Waals surface area contributed by atoms with Gasteiger partial charge in [0.05, 0.1) is 13.2 Å². The highest BCUT2D eigenvalue weighted by molar-refractivity contribution is 5.84. The summed E-state index contributed by atoms with van der Waals surface area (Å²) >= 11 is 0. The summed E-state index contributed by atoms with van der Waals surface area (Å²) in [5.41, 5.74) is 1.18. The second-order valence-electron chi connectivity index (χ2n) is 7.21. The van der Waals surface area contributed by atoms with Gasteiger partial charge in [0.1, 0.15) is 6.54 Å². The van der Waals surface area contributed by atoms with E-state index in [1.807, 2.05) is 18.2 Å². The van der Waals surface area contributed by atoms with Gasteiger partial charge in [0.25, 0.3) is 0 Å². The van der Waals surface area contributed by atoms with Gasteiger partial charge in [0.2, 0.25) is 5.91 Å². The zero-order valence-corrected chi connectivity index (χ0v) is 16.8. The Hall–Kier alpha value is -2.08. The summed E-state index contributed by atoms with van der Waals surface area (Å²) < 4.78 is 5.78. The highest BCUT2D eigenvalue weighted by Gasteiger charge is 2.08. The van der Waals surface area contributed by atoms with Crippen molar-refractivity contribution in [2.45, 2.75) is 27.4 Å². The third-order valence-corrected chi connectivity index (χ3v) is 3.68. The Morgan fingerprint density at radius 2 is 1.77 bits per heavy atom. The highest BCUT2D eigenvalue weighted by Crippen LogP contribution is 2.02. The minimum atomic E-state index is -0.0186. The molecule has 0 aliphatic heterocycles. The van der Waals surface area contributed by atoms with Crippen LogP contribution in [0, 0.1) is 11.8 Å². The van der Waals surface area contributed by atoms with E-state index in [9.17, 15) is 4.79 Å². The number of nitrogens with one attached hydrogen (secondary N) is 2. The average Bonchev–Trinajstić information content (AvgIpc) is 2.61. The first kappa shape index (κ1) is 22.0. The minimum Gasteiger partial charge on any atom is -0.376 e. The van der Waals surface area contributed by atoms with E-state index in [-0.39, 0.29) is 12.5 Å². The van der Waals surface area contributed by atoms with Gasteiger partial charge in [-0.3, -0.25) is 4.79 Å². The molecule has 1 unspecified atom stereocenters. The Balaban J connectivity index is 2.40.